The van der Waals surface area contributed by atoms with E-state index in [9.17, 15) is 4.79 Å². The Morgan fingerprint density at radius 3 is 2.50 bits per heavy atom. The van der Waals surface area contributed by atoms with Crippen molar-refractivity contribution in [1.29, 1.82) is 0 Å². The quantitative estimate of drug-likeness (QED) is 0.879. The predicted molar refractivity (Wildman–Crippen MR) is 71.4 cm³/mol. The van der Waals surface area contributed by atoms with E-state index in [4.69, 9.17) is 5.73 Å². The molecule has 3 N–H and O–H groups in total. The molecule has 0 radical (unpaired) electrons. The molecule has 0 aliphatic carbocycles. The molecule has 1 aromatic rings. The van der Waals surface area contributed by atoms with Gasteiger partial charge >= 0.3 is 0 Å². The molecule has 2 atom stereocenters. The molecular formula is C11H17BrN2OS. The monoisotopic (exact) mass is 304 g/mol. The number of halogens is 1. The molecule has 0 aliphatic heterocycles. The highest BCUT2D eigenvalue weighted by Gasteiger charge is 2.22. The Labute approximate surface area is 109 Å². The molecule has 90 valence electrons. The molecule has 0 spiro atoms. The van der Waals surface area contributed by atoms with E-state index in [-0.39, 0.29) is 23.9 Å². The van der Waals surface area contributed by atoms with Gasteiger partial charge in [0, 0.05) is 20.8 Å². The van der Waals surface area contributed by atoms with Gasteiger partial charge < -0.3 is 5.73 Å². The lowest BCUT2D eigenvalue weighted by Gasteiger charge is -2.23. The third-order valence-electron chi connectivity index (χ3n) is 2.42. The van der Waals surface area contributed by atoms with E-state index in [2.05, 4.69) is 27.3 Å². The van der Waals surface area contributed by atoms with Gasteiger partial charge in [0.25, 0.3) is 0 Å². The fourth-order valence-electron chi connectivity index (χ4n) is 1.51. The minimum Gasteiger partial charge on any atom is -0.368 e. The lowest BCUT2D eigenvalue weighted by molar-refractivity contribution is -0.121. The maximum atomic E-state index is 11.3. The molecular weight excluding hydrogens is 288 g/mol. The van der Waals surface area contributed by atoms with Crippen LogP contribution < -0.4 is 11.1 Å². The van der Waals surface area contributed by atoms with Crippen LogP contribution in [0.25, 0.3) is 0 Å². The maximum Gasteiger partial charge on any atom is 0.234 e. The van der Waals surface area contributed by atoms with Gasteiger partial charge in [-0.1, -0.05) is 13.8 Å². The molecule has 1 rings (SSSR count). The average Bonchev–Trinajstić information content (AvgIpc) is 2.59. The van der Waals surface area contributed by atoms with Gasteiger partial charge in [0.15, 0.2) is 0 Å². The number of carbonyl (C=O) groups excluding carboxylic acids is 1. The summed E-state index contributed by atoms with van der Waals surface area (Å²) >= 11 is 5.08. The predicted octanol–water partition coefficient (Wildman–Crippen LogP) is 2.67. The van der Waals surface area contributed by atoms with Gasteiger partial charge in [0.05, 0.1) is 6.04 Å². The normalized spacial score (nSPS) is 15.1. The van der Waals surface area contributed by atoms with Crippen LogP contribution in [0.2, 0.25) is 0 Å². The number of nitrogens with two attached hydrogens (primary N) is 1. The van der Waals surface area contributed by atoms with Crippen LogP contribution >= 0.6 is 27.3 Å². The van der Waals surface area contributed by atoms with Crippen LogP contribution in [-0.2, 0) is 4.79 Å². The van der Waals surface area contributed by atoms with Gasteiger partial charge in [-0.25, -0.2) is 0 Å². The van der Waals surface area contributed by atoms with E-state index < -0.39 is 0 Å². The number of primary amides is 1. The number of thiophene rings is 1. The highest BCUT2D eigenvalue weighted by molar-refractivity contribution is 9.10. The Kier molecular flexibility index (Phi) is 4.95. The fourth-order valence-corrected chi connectivity index (χ4v) is 2.97. The fraction of sp³-hybridized carbons (Fsp3) is 0.545. The number of rotatable bonds is 5. The topological polar surface area (TPSA) is 55.1 Å². The van der Waals surface area contributed by atoms with Gasteiger partial charge in [-0.2, -0.15) is 0 Å². The second kappa shape index (κ2) is 5.80. The van der Waals surface area contributed by atoms with Crippen molar-refractivity contribution in [2.45, 2.75) is 32.9 Å². The van der Waals surface area contributed by atoms with E-state index >= 15 is 0 Å². The summed E-state index contributed by atoms with van der Waals surface area (Å²) in [5, 5.41) is 5.29. The molecule has 0 bridgehead atoms. The Hall–Kier alpha value is -0.390. The van der Waals surface area contributed by atoms with Crippen LogP contribution in [0.1, 0.15) is 31.7 Å². The first-order valence-electron chi connectivity index (χ1n) is 5.21. The van der Waals surface area contributed by atoms with Crippen LogP contribution in [0.4, 0.5) is 0 Å². The van der Waals surface area contributed by atoms with Gasteiger partial charge in [-0.05, 0) is 34.8 Å². The summed E-state index contributed by atoms with van der Waals surface area (Å²) in [6.07, 6.45) is 0. The summed E-state index contributed by atoms with van der Waals surface area (Å²) < 4.78 is 1.07. The van der Waals surface area contributed by atoms with Crippen molar-refractivity contribution in [3.63, 3.8) is 0 Å². The standard InChI is InChI=1S/C11H17BrN2OS/c1-6(2)10(11(13)15)14-7(3)9-4-8(12)5-16-9/h4-7,10,14H,1-3H3,(H2,13,15). The number of nitrogens with one attached hydrogen (secondary N) is 1. The summed E-state index contributed by atoms with van der Waals surface area (Å²) in [7, 11) is 0. The van der Waals surface area contributed by atoms with Crippen molar-refractivity contribution in [2.24, 2.45) is 11.7 Å². The molecule has 1 heterocycles. The third kappa shape index (κ3) is 3.57. The van der Waals surface area contributed by atoms with Crippen molar-refractivity contribution in [1.82, 2.24) is 5.32 Å². The zero-order valence-electron chi connectivity index (χ0n) is 9.66. The minimum absolute atomic E-state index is 0.135. The Morgan fingerprint density at radius 2 is 2.12 bits per heavy atom. The molecule has 1 aromatic heterocycles. The average molecular weight is 305 g/mol. The lowest BCUT2D eigenvalue weighted by atomic mass is 10.0. The third-order valence-corrected chi connectivity index (χ3v) is 4.29. The molecule has 0 saturated heterocycles. The Morgan fingerprint density at radius 1 is 1.50 bits per heavy atom. The first-order chi connectivity index (χ1) is 7.41. The highest BCUT2D eigenvalue weighted by Crippen LogP contribution is 2.26. The van der Waals surface area contributed by atoms with Crippen LogP contribution in [0, 0.1) is 5.92 Å². The van der Waals surface area contributed by atoms with E-state index in [0.717, 1.165) is 4.47 Å². The molecule has 0 fully saturated rings. The van der Waals surface area contributed by atoms with Crippen LogP contribution in [0.5, 0.6) is 0 Å². The van der Waals surface area contributed by atoms with Gasteiger partial charge in [-0.15, -0.1) is 11.3 Å². The van der Waals surface area contributed by atoms with E-state index in [1.807, 2.05) is 26.2 Å². The van der Waals surface area contributed by atoms with Crippen LogP contribution in [0.15, 0.2) is 15.9 Å². The first-order valence-corrected chi connectivity index (χ1v) is 6.88. The molecule has 5 heteroatoms. The molecule has 0 saturated carbocycles. The molecule has 0 aliphatic rings. The Bertz CT molecular complexity index is 365. The SMILES string of the molecule is CC(NC(C(N)=O)C(C)C)c1cc(Br)cs1. The number of amides is 1. The van der Waals surface area contributed by atoms with Crippen molar-refractivity contribution in [3.8, 4) is 0 Å². The molecule has 16 heavy (non-hydrogen) atoms. The summed E-state index contributed by atoms with van der Waals surface area (Å²) in [6, 6.07) is 1.91. The van der Waals surface area contributed by atoms with E-state index in [1.54, 1.807) is 11.3 Å². The van der Waals surface area contributed by atoms with Gasteiger partial charge in [0.1, 0.15) is 0 Å². The molecule has 0 aromatic carbocycles. The second-order valence-corrected chi connectivity index (χ2v) is 6.04. The van der Waals surface area contributed by atoms with Crippen LogP contribution in [0.3, 0.4) is 0 Å². The summed E-state index contributed by atoms with van der Waals surface area (Å²) in [6.45, 7) is 6.01. The first kappa shape index (κ1) is 13.7. The largest absolute Gasteiger partial charge is 0.368 e. The van der Waals surface area contributed by atoms with Gasteiger partial charge in [-0.3, -0.25) is 10.1 Å². The smallest absolute Gasteiger partial charge is 0.234 e. The van der Waals surface area contributed by atoms with Crippen molar-refractivity contribution < 1.29 is 4.79 Å². The highest BCUT2D eigenvalue weighted by atomic mass is 79.9. The lowest BCUT2D eigenvalue weighted by Crippen LogP contribution is -2.45. The maximum absolute atomic E-state index is 11.3. The number of carbonyl (C=O) groups is 1. The van der Waals surface area contributed by atoms with Crippen molar-refractivity contribution >= 4 is 33.2 Å². The molecule has 1 amide bonds. The molecule has 3 nitrogen and oxygen atoms in total. The zero-order valence-corrected chi connectivity index (χ0v) is 12.1. The number of hydrogen-bond acceptors (Lipinski definition) is 3. The zero-order chi connectivity index (χ0) is 12.3. The summed E-state index contributed by atoms with van der Waals surface area (Å²) in [5.41, 5.74) is 5.36. The van der Waals surface area contributed by atoms with Crippen molar-refractivity contribution in [2.75, 3.05) is 0 Å². The minimum atomic E-state index is -0.294. The Balaban J connectivity index is 2.68. The van der Waals surface area contributed by atoms with Crippen molar-refractivity contribution in [3.05, 3.63) is 20.8 Å². The van der Waals surface area contributed by atoms with Gasteiger partial charge in [0.2, 0.25) is 5.91 Å². The summed E-state index contributed by atoms with van der Waals surface area (Å²) in [4.78, 5) is 12.5. The summed E-state index contributed by atoms with van der Waals surface area (Å²) in [5.74, 6) is -0.0965. The van der Waals surface area contributed by atoms with E-state index in [0.29, 0.717) is 0 Å². The molecule has 2 unspecified atom stereocenters. The van der Waals surface area contributed by atoms with E-state index in [1.165, 1.54) is 4.88 Å². The number of hydrogen-bond donors (Lipinski definition) is 2. The second-order valence-electron chi connectivity index (χ2n) is 4.18. The van der Waals surface area contributed by atoms with Crippen LogP contribution in [-0.4, -0.2) is 11.9 Å².